The van der Waals surface area contributed by atoms with E-state index in [9.17, 15) is 9.90 Å². The van der Waals surface area contributed by atoms with Crippen LogP contribution in [0.2, 0.25) is 0 Å². The van der Waals surface area contributed by atoms with Gasteiger partial charge < -0.3 is 19.1 Å². The number of ether oxygens (including phenoxy) is 2. The smallest absolute Gasteiger partial charge is 0.276 e. The molecule has 1 aliphatic rings. The lowest BCUT2D eigenvalue weighted by Gasteiger charge is -2.13. The Balaban J connectivity index is 1.46. The highest BCUT2D eigenvalue weighted by atomic mass is 32.1. The zero-order valence-electron chi connectivity index (χ0n) is 14.1. The molecule has 1 aliphatic heterocycles. The van der Waals surface area contributed by atoms with Crippen LogP contribution in [0.15, 0.2) is 59.0 Å². The Morgan fingerprint density at radius 3 is 2.93 bits per heavy atom. The van der Waals surface area contributed by atoms with E-state index < -0.39 is 6.10 Å². The third kappa shape index (κ3) is 2.79. The summed E-state index contributed by atoms with van der Waals surface area (Å²) < 4.78 is 13.7. The van der Waals surface area contributed by atoms with E-state index >= 15 is 0 Å². The van der Waals surface area contributed by atoms with Gasteiger partial charge in [-0.2, -0.15) is 5.10 Å². The Morgan fingerprint density at radius 1 is 1.19 bits per heavy atom. The molecule has 0 radical (unpaired) electrons. The molecule has 0 bridgehead atoms. The number of aliphatic hydroxyl groups excluding tert-OH is 1. The summed E-state index contributed by atoms with van der Waals surface area (Å²) in [7, 11) is 0. The van der Waals surface area contributed by atoms with E-state index in [-0.39, 0.29) is 18.9 Å². The van der Waals surface area contributed by atoms with Crippen molar-refractivity contribution < 1.29 is 14.6 Å². The Morgan fingerprint density at radius 2 is 2.07 bits per heavy atom. The van der Waals surface area contributed by atoms with Crippen LogP contribution in [0.4, 0.5) is 0 Å². The molecule has 5 rings (SSSR count). The van der Waals surface area contributed by atoms with Gasteiger partial charge in [-0.25, -0.2) is 4.52 Å². The quantitative estimate of drug-likeness (QED) is 0.588. The second-order valence-corrected chi connectivity index (χ2v) is 7.17. The first-order valence-electron chi connectivity index (χ1n) is 8.39. The first-order chi connectivity index (χ1) is 13.2. The number of rotatable bonds is 4. The monoisotopic (exact) mass is 381 g/mol. The van der Waals surface area contributed by atoms with Crippen molar-refractivity contribution in [1.82, 2.24) is 14.2 Å². The molecule has 27 heavy (non-hydrogen) atoms. The van der Waals surface area contributed by atoms with Crippen LogP contribution in [-0.2, 0) is 6.54 Å². The topological polar surface area (TPSA) is 78.0 Å². The van der Waals surface area contributed by atoms with Crippen molar-refractivity contribution in [2.45, 2.75) is 12.6 Å². The predicted octanol–water partition coefficient (Wildman–Crippen LogP) is 2.69. The van der Waals surface area contributed by atoms with Crippen LogP contribution in [-0.4, -0.2) is 26.1 Å². The van der Waals surface area contributed by atoms with Crippen molar-refractivity contribution in [3.8, 4) is 22.1 Å². The second kappa shape index (κ2) is 6.26. The average Bonchev–Trinajstić information content (AvgIpc) is 3.43. The molecule has 3 aromatic heterocycles. The summed E-state index contributed by atoms with van der Waals surface area (Å²) in [6.07, 6.45) is 2.51. The fourth-order valence-corrected chi connectivity index (χ4v) is 3.81. The van der Waals surface area contributed by atoms with E-state index in [1.165, 1.54) is 4.57 Å². The van der Waals surface area contributed by atoms with E-state index in [2.05, 4.69) is 5.10 Å². The zero-order chi connectivity index (χ0) is 18.4. The predicted molar refractivity (Wildman–Crippen MR) is 100 cm³/mol. The molecule has 4 heterocycles. The van der Waals surface area contributed by atoms with Gasteiger partial charge in [0.1, 0.15) is 11.2 Å². The van der Waals surface area contributed by atoms with Crippen LogP contribution in [0.1, 0.15) is 11.7 Å². The van der Waals surface area contributed by atoms with Crippen LogP contribution < -0.4 is 15.0 Å². The summed E-state index contributed by atoms with van der Waals surface area (Å²) in [6, 6.07) is 11.0. The van der Waals surface area contributed by atoms with E-state index in [0.717, 1.165) is 10.6 Å². The lowest BCUT2D eigenvalue weighted by molar-refractivity contribution is 0.154. The standard InChI is InChI=1S/C19H15N3O4S/c23-15(12-3-4-16-17(8-12)26-11-25-16)10-21-5-6-22-14(19(21)24)9-13(20-22)18-2-1-7-27-18/h1-9,15,23H,10-11H2/t15-/m0/s1. The highest BCUT2D eigenvalue weighted by Crippen LogP contribution is 2.34. The third-order valence-electron chi connectivity index (χ3n) is 4.53. The number of hydrogen-bond acceptors (Lipinski definition) is 6. The maximum Gasteiger partial charge on any atom is 0.276 e. The van der Waals surface area contributed by atoms with Crippen molar-refractivity contribution in [2.24, 2.45) is 0 Å². The summed E-state index contributed by atoms with van der Waals surface area (Å²) in [4.78, 5) is 13.8. The number of nitrogens with zero attached hydrogens (tertiary/aromatic N) is 3. The number of fused-ring (bicyclic) bond motifs is 2. The van der Waals surface area contributed by atoms with E-state index in [4.69, 9.17) is 9.47 Å². The number of benzene rings is 1. The van der Waals surface area contributed by atoms with Gasteiger partial charge in [0.25, 0.3) is 5.56 Å². The first-order valence-corrected chi connectivity index (χ1v) is 9.27. The van der Waals surface area contributed by atoms with Gasteiger partial charge in [-0.15, -0.1) is 11.3 Å². The summed E-state index contributed by atoms with van der Waals surface area (Å²) >= 11 is 1.57. The van der Waals surface area contributed by atoms with Gasteiger partial charge in [-0.05, 0) is 35.2 Å². The molecule has 0 amide bonds. The number of aromatic nitrogens is 3. The molecule has 136 valence electrons. The van der Waals surface area contributed by atoms with Crippen molar-refractivity contribution in [3.05, 3.63) is 70.1 Å². The van der Waals surface area contributed by atoms with Gasteiger partial charge in [0.15, 0.2) is 11.5 Å². The summed E-state index contributed by atoms with van der Waals surface area (Å²) in [6.45, 7) is 0.313. The Bertz CT molecular complexity index is 1180. The average molecular weight is 381 g/mol. The Hall–Kier alpha value is -3.10. The van der Waals surface area contributed by atoms with E-state index in [0.29, 0.717) is 22.6 Å². The van der Waals surface area contributed by atoms with Crippen LogP contribution in [0, 0.1) is 0 Å². The summed E-state index contributed by atoms with van der Waals surface area (Å²) in [5, 5.41) is 17.0. The van der Waals surface area contributed by atoms with Crippen LogP contribution in [0.5, 0.6) is 11.5 Å². The molecule has 0 spiro atoms. The van der Waals surface area contributed by atoms with Crippen molar-refractivity contribution >= 4 is 16.9 Å². The third-order valence-corrected chi connectivity index (χ3v) is 5.42. The minimum Gasteiger partial charge on any atom is -0.454 e. The normalized spacial score (nSPS) is 14.0. The molecule has 4 aromatic rings. The fourth-order valence-electron chi connectivity index (χ4n) is 3.13. The maximum absolute atomic E-state index is 12.8. The molecule has 1 N–H and O–H groups in total. The minimum atomic E-state index is -0.848. The first kappa shape index (κ1) is 16.1. The lowest BCUT2D eigenvalue weighted by Crippen LogP contribution is -2.24. The van der Waals surface area contributed by atoms with Gasteiger partial charge in [-0.1, -0.05) is 12.1 Å². The molecule has 0 unspecified atom stereocenters. The lowest BCUT2D eigenvalue weighted by atomic mass is 10.1. The van der Waals surface area contributed by atoms with E-state index in [1.807, 2.05) is 17.5 Å². The maximum atomic E-state index is 12.8. The molecule has 1 atom stereocenters. The van der Waals surface area contributed by atoms with Gasteiger partial charge in [0.05, 0.1) is 17.5 Å². The summed E-state index contributed by atoms with van der Waals surface area (Å²) in [5.41, 5.74) is 1.70. The molecule has 1 aromatic carbocycles. The van der Waals surface area contributed by atoms with Gasteiger partial charge in [0.2, 0.25) is 6.79 Å². The number of thiophene rings is 1. The van der Waals surface area contributed by atoms with Gasteiger partial charge in [0, 0.05) is 12.4 Å². The van der Waals surface area contributed by atoms with Crippen LogP contribution in [0.25, 0.3) is 16.1 Å². The molecule has 0 saturated heterocycles. The highest BCUT2D eigenvalue weighted by molar-refractivity contribution is 7.13. The number of hydrogen-bond donors (Lipinski definition) is 1. The van der Waals surface area contributed by atoms with Crippen LogP contribution in [0.3, 0.4) is 0 Å². The summed E-state index contributed by atoms with van der Waals surface area (Å²) in [5.74, 6) is 1.26. The number of aliphatic hydroxyl groups is 1. The van der Waals surface area contributed by atoms with Crippen molar-refractivity contribution in [2.75, 3.05) is 6.79 Å². The second-order valence-electron chi connectivity index (χ2n) is 6.22. The van der Waals surface area contributed by atoms with Crippen molar-refractivity contribution in [3.63, 3.8) is 0 Å². The fraction of sp³-hybridized carbons (Fsp3) is 0.158. The molecule has 0 fully saturated rings. The Kier molecular flexibility index (Phi) is 3.73. The Labute approximate surface area is 157 Å². The molecule has 7 nitrogen and oxygen atoms in total. The highest BCUT2D eigenvalue weighted by Gasteiger charge is 2.18. The molecular weight excluding hydrogens is 366 g/mol. The zero-order valence-corrected chi connectivity index (χ0v) is 14.9. The van der Waals surface area contributed by atoms with Crippen LogP contribution >= 0.6 is 11.3 Å². The SMILES string of the molecule is O=c1c2cc(-c3cccs3)nn2ccn1C[C@H](O)c1ccc2c(c1)OCO2. The minimum absolute atomic E-state index is 0.133. The van der Waals surface area contributed by atoms with E-state index in [1.54, 1.807) is 52.5 Å². The molecule has 0 aliphatic carbocycles. The van der Waals surface area contributed by atoms with Gasteiger partial charge in [-0.3, -0.25) is 4.79 Å². The molecular formula is C19H15N3O4S. The van der Waals surface area contributed by atoms with Crippen molar-refractivity contribution in [1.29, 1.82) is 0 Å². The molecule has 8 heteroatoms. The molecule has 0 saturated carbocycles. The van der Waals surface area contributed by atoms with Gasteiger partial charge >= 0.3 is 0 Å². The largest absolute Gasteiger partial charge is 0.454 e.